The lowest BCUT2D eigenvalue weighted by Gasteiger charge is -2.14. The summed E-state index contributed by atoms with van der Waals surface area (Å²) in [4.78, 5) is 24.2. The molecule has 2 aromatic carbocycles. The molecule has 0 spiro atoms. The Morgan fingerprint density at radius 2 is 1.76 bits per heavy atom. The van der Waals surface area contributed by atoms with Crippen molar-refractivity contribution in [2.24, 2.45) is 0 Å². The van der Waals surface area contributed by atoms with Crippen molar-refractivity contribution < 1.29 is 23.8 Å². The Bertz CT molecular complexity index is 770. The van der Waals surface area contributed by atoms with Gasteiger partial charge in [-0.15, -0.1) is 0 Å². The molecule has 0 saturated heterocycles. The topological polar surface area (TPSA) is 61.8 Å². The zero-order chi connectivity index (χ0) is 18.4. The van der Waals surface area contributed by atoms with Crippen LogP contribution in [0.4, 0.5) is 0 Å². The molecule has 0 unspecified atom stereocenters. The van der Waals surface area contributed by atoms with Crippen molar-refractivity contribution in [1.29, 1.82) is 0 Å². The van der Waals surface area contributed by atoms with Gasteiger partial charge in [0.05, 0.1) is 22.7 Å². The summed E-state index contributed by atoms with van der Waals surface area (Å²) in [7, 11) is 0. The number of halogens is 1. The van der Waals surface area contributed by atoms with E-state index < -0.39 is 11.9 Å². The van der Waals surface area contributed by atoms with Crippen LogP contribution in [-0.4, -0.2) is 24.6 Å². The monoisotopic (exact) mass is 406 g/mol. The highest BCUT2D eigenvalue weighted by Gasteiger charge is 2.17. The highest BCUT2D eigenvalue weighted by Crippen LogP contribution is 2.28. The van der Waals surface area contributed by atoms with Crippen molar-refractivity contribution in [1.82, 2.24) is 0 Å². The quantitative estimate of drug-likeness (QED) is 0.516. The molecular weight excluding hydrogens is 388 g/mol. The Kier molecular flexibility index (Phi) is 6.58. The van der Waals surface area contributed by atoms with Crippen LogP contribution in [-0.2, 0) is 4.74 Å². The van der Waals surface area contributed by atoms with Crippen LogP contribution >= 0.6 is 15.9 Å². The van der Waals surface area contributed by atoms with E-state index in [1.165, 1.54) is 0 Å². The minimum Gasteiger partial charge on any atom is -0.490 e. The van der Waals surface area contributed by atoms with Crippen molar-refractivity contribution in [3.8, 4) is 11.5 Å². The average Bonchev–Trinajstić information content (AvgIpc) is 2.56. The van der Waals surface area contributed by atoms with Gasteiger partial charge >= 0.3 is 11.9 Å². The maximum Gasteiger partial charge on any atom is 0.347 e. The molecule has 0 aliphatic carbocycles. The molecule has 0 saturated carbocycles. The first-order chi connectivity index (χ1) is 11.9. The van der Waals surface area contributed by atoms with Gasteiger partial charge in [-0.1, -0.05) is 12.1 Å². The molecule has 2 aromatic rings. The Morgan fingerprint density at radius 1 is 1.04 bits per heavy atom. The fraction of sp³-hybridized carbons (Fsp3) is 0.263. The molecule has 0 amide bonds. The van der Waals surface area contributed by atoms with Crippen LogP contribution in [0.5, 0.6) is 11.5 Å². The summed E-state index contributed by atoms with van der Waals surface area (Å²) in [5, 5.41) is 0. The molecule has 132 valence electrons. The van der Waals surface area contributed by atoms with Gasteiger partial charge in [0.1, 0.15) is 17.1 Å². The predicted octanol–water partition coefficient (Wildman–Crippen LogP) is 4.63. The van der Waals surface area contributed by atoms with Crippen LogP contribution in [0.1, 0.15) is 41.5 Å². The Labute approximate surface area is 155 Å². The second kappa shape index (κ2) is 8.67. The zero-order valence-electron chi connectivity index (χ0n) is 14.2. The number of esters is 2. The number of ether oxygens (including phenoxy) is 3. The Hall–Kier alpha value is -2.34. The molecule has 0 radical (unpaired) electrons. The summed E-state index contributed by atoms with van der Waals surface area (Å²) in [6, 6.07) is 11.5. The van der Waals surface area contributed by atoms with Crippen LogP contribution in [0.2, 0.25) is 0 Å². The number of carbonyl (C=O) groups excluding carboxylic acids is 2. The van der Waals surface area contributed by atoms with E-state index in [9.17, 15) is 9.59 Å². The van der Waals surface area contributed by atoms with Gasteiger partial charge in [0.2, 0.25) is 0 Å². The number of hydrogen-bond acceptors (Lipinski definition) is 5. The molecule has 5 nitrogen and oxygen atoms in total. The highest BCUT2D eigenvalue weighted by molar-refractivity contribution is 9.10. The van der Waals surface area contributed by atoms with E-state index in [0.717, 1.165) is 0 Å². The Morgan fingerprint density at radius 3 is 2.40 bits per heavy atom. The minimum absolute atomic E-state index is 0.0652. The first-order valence-electron chi connectivity index (χ1n) is 7.87. The molecule has 0 aliphatic heterocycles. The van der Waals surface area contributed by atoms with Gasteiger partial charge in [0.25, 0.3) is 0 Å². The largest absolute Gasteiger partial charge is 0.490 e. The first-order valence-corrected chi connectivity index (χ1v) is 8.66. The summed E-state index contributed by atoms with van der Waals surface area (Å²) in [5.41, 5.74) is 0.703. The minimum atomic E-state index is -0.541. The van der Waals surface area contributed by atoms with Gasteiger partial charge in [-0.05, 0) is 67.0 Å². The van der Waals surface area contributed by atoms with E-state index in [4.69, 9.17) is 14.2 Å². The highest BCUT2D eigenvalue weighted by atomic mass is 79.9. The fourth-order valence-corrected chi connectivity index (χ4v) is 2.53. The maximum atomic E-state index is 12.5. The van der Waals surface area contributed by atoms with Gasteiger partial charge < -0.3 is 14.2 Å². The van der Waals surface area contributed by atoms with Crippen molar-refractivity contribution >= 4 is 27.9 Å². The van der Waals surface area contributed by atoms with Gasteiger partial charge in [-0.25, -0.2) is 9.59 Å². The molecule has 0 aliphatic rings. The van der Waals surface area contributed by atoms with Gasteiger partial charge in [-0.3, -0.25) is 0 Å². The second-order valence-electron chi connectivity index (χ2n) is 5.42. The molecule has 0 fully saturated rings. The molecule has 0 aromatic heterocycles. The summed E-state index contributed by atoms with van der Waals surface area (Å²) in [6.07, 6.45) is -0.0652. The van der Waals surface area contributed by atoms with E-state index >= 15 is 0 Å². The smallest absolute Gasteiger partial charge is 0.347 e. The molecule has 2 rings (SSSR count). The van der Waals surface area contributed by atoms with Crippen LogP contribution in [0, 0.1) is 0 Å². The van der Waals surface area contributed by atoms with Crippen LogP contribution in [0.25, 0.3) is 0 Å². The molecular formula is C19H19BrO5. The van der Waals surface area contributed by atoms with Crippen LogP contribution in [0.3, 0.4) is 0 Å². The summed E-state index contributed by atoms with van der Waals surface area (Å²) in [5.74, 6) is -0.211. The van der Waals surface area contributed by atoms with E-state index in [2.05, 4.69) is 15.9 Å². The lowest BCUT2D eigenvalue weighted by molar-refractivity contribution is 0.0526. The van der Waals surface area contributed by atoms with E-state index in [1.54, 1.807) is 49.4 Å². The maximum absolute atomic E-state index is 12.5. The molecule has 0 N–H and O–H groups in total. The van der Waals surface area contributed by atoms with Gasteiger partial charge in [0, 0.05) is 0 Å². The third-order valence-electron chi connectivity index (χ3n) is 3.12. The molecule has 6 heteroatoms. The van der Waals surface area contributed by atoms with Crippen molar-refractivity contribution in [3.05, 3.63) is 58.1 Å². The normalized spacial score (nSPS) is 10.4. The molecule has 0 atom stereocenters. The summed E-state index contributed by atoms with van der Waals surface area (Å²) in [6.45, 7) is 5.79. The number of rotatable bonds is 6. The molecule has 0 bridgehead atoms. The molecule has 25 heavy (non-hydrogen) atoms. The summed E-state index contributed by atoms with van der Waals surface area (Å²) < 4.78 is 16.5. The lowest BCUT2D eigenvalue weighted by atomic mass is 10.2. The number of hydrogen-bond donors (Lipinski definition) is 0. The van der Waals surface area contributed by atoms with Crippen LogP contribution in [0.15, 0.2) is 46.9 Å². The van der Waals surface area contributed by atoms with Gasteiger partial charge in [0.15, 0.2) is 0 Å². The number of carbonyl (C=O) groups is 2. The second-order valence-corrected chi connectivity index (χ2v) is 6.27. The third kappa shape index (κ3) is 5.06. The van der Waals surface area contributed by atoms with Crippen molar-refractivity contribution in [2.45, 2.75) is 26.9 Å². The SMILES string of the molecule is CCOC(=O)c1ccc(OC(=O)c2ccccc2OC(C)C)c(Br)c1. The lowest BCUT2D eigenvalue weighted by Crippen LogP contribution is -2.14. The first kappa shape index (κ1) is 19.0. The van der Waals surface area contributed by atoms with E-state index in [-0.39, 0.29) is 6.10 Å². The zero-order valence-corrected chi connectivity index (χ0v) is 15.8. The average molecular weight is 407 g/mol. The predicted molar refractivity (Wildman–Crippen MR) is 97.3 cm³/mol. The van der Waals surface area contributed by atoms with Crippen molar-refractivity contribution in [2.75, 3.05) is 6.61 Å². The van der Waals surface area contributed by atoms with Gasteiger partial charge in [-0.2, -0.15) is 0 Å². The summed E-state index contributed by atoms with van der Waals surface area (Å²) >= 11 is 3.31. The number of benzene rings is 2. The third-order valence-corrected chi connectivity index (χ3v) is 3.74. The van der Waals surface area contributed by atoms with E-state index in [0.29, 0.717) is 33.7 Å². The van der Waals surface area contributed by atoms with Crippen LogP contribution < -0.4 is 9.47 Å². The van der Waals surface area contributed by atoms with E-state index in [1.807, 2.05) is 13.8 Å². The molecule has 0 heterocycles. The standard InChI is InChI=1S/C19H19BrO5/c1-4-23-18(21)13-9-10-17(15(20)11-13)25-19(22)14-7-5-6-8-16(14)24-12(2)3/h5-12H,4H2,1-3H3. The van der Waals surface area contributed by atoms with Crippen molar-refractivity contribution in [3.63, 3.8) is 0 Å². The Balaban J connectivity index is 2.20. The number of para-hydroxylation sites is 1. The fourth-order valence-electron chi connectivity index (χ4n) is 2.07.